The average Bonchev–Trinajstić information content (AvgIpc) is 3.05. The Kier molecular flexibility index (Phi) is 11.6. The molecule has 4 rings (SSSR count). The van der Waals surface area contributed by atoms with E-state index in [0.717, 1.165) is 11.1 Å². The van der Waals surface area contributed by atoms with Crippen molar-refractivity contribution in [1.82, 2.24) is 20.2 Å². The van der Waals surface area contributed by atoms with Gasteiger partial charge >= 0.3 is 6.03 Å². The van der Waals surface area contributed by atoms with E-state index in [1.54, 1.807) is 56.3 Å². The molecule has 1 aromatic heterocycles. The van der Waals surface area contributed by atoms with Crippen molar-refractivity contribution >= 4 is 40.9 Å². The number of carbonyl (C=O) groups is 3. The van der Waals surface area contributed by atoms with Crippen LogP contribution < -0.4 is 38.3 Å². The molecule has 4 amide bonds. The van der Waals surface area contributed by atoms with E-state index in [1.165, 1.54) is 10.8 Å². The first-order valence-corrected chi connectivity index (χ1v) is 15.5. The van der Waals surface area contributed by atoms with E-state index < -0.39 is 17.5 Å². The van der Waals surface area contributed by atoms with Crippen LogP contribution in [-0.2, 0) is 29.2 Å². The highest BCUT2D eigenvalue weighted by molar-refractivity contribution is 6.03. The van der Waals surface area contributed by atoms with Crippen LogP contribution in [0.3, 0.4) is 0 Å². The molecule has 0 radical (unpaired) electrons. The first-order valence-electron chi connectivity index (χ1n) is 15.5. The number of rotatable bonds is 12. The normalized spacial score (nSPS) is 11.3. The largest absolute Gasteiger partial charge is 0.399 e. The van der Waals surface area contributed by atoms with Gasteiger partial charge in [0.05, 0.1) is 11.9 Å². The van der Waals surface area contributed by atoms with Crippen LogP contribution in [0.4, 0.5) is 22.0 Å². The van der Waals surface area contributed by atoms with E-state index in [0.29, 0.717) is 34.7 Å². The second-order valence-electron chi connectivity index (χ2n) is 11.8. The van der Waals surface area contributed by atoms with E-state index in [9.17, 15) is 19.2 Å². The predicted molar refractivity (Wildman–Crippen MR) is 188 cm³/mol. The highest BCUT2D eigenvalue weighted by Crippen LogP contribution is 2.26. The summed E-state index contributed by atoms with van der Waals surface area (Å²) < 4.78 is 1.32. The van der Waals surface area contributed by atoms with Crippen molar-refractivity contribution in [2.45, 2.75) is 53.4 Å². The van der Waals surface area contributed by atoms with Crippen LogP contribution in [0.25, 0.3) is 11.3 Å². The van der Waals surface area contributed by atoms with Gasteiger partial charge in [0, 0.05) is 47.6 Å². The quantitative estimate of drug-likeness (QED) is 0.0754. The maximum atomic E-state index is 13.5. The van der Waals surface area contributed by atoms with Crippen LogP contribution in [0.2, 0.25) is 0 Å². The number of amidine groups is 1. The van der Waals surface area contributed by atoms with E-state index in [2.05, 4.69) is 31.2 Å². The Morgan fingerprint density at radius 1 is 0.896 bits per heavy atom. The number of aliphatic imine (C=N–C) groups is 1. The van der Waals surface area contributed by atoms with E-state index in [1.807, 2.05) is 44.2 Å². The number of amides is 4. The van der Waals surface area contributed by atoms with E-state index in [-0.39, 0.29) is 42.6 Å². The minimum Gasteiger partial charge on any atom is -0.399 e. The molecular formula is C35H41N9O4. The van der Waals surface area contributed by atoms with Crippen LogP contribution in [0, 0.1) is 5.92 Å². The Balaban J connectivity index is 1.46. The van der Waals surface area contributed by atoms with Gasteiger partial charge in [-0.2, -0.15) is 4.99 Å². The molecule has 250 valence electrons. The van der Waals surface area contributed by atoms with Gasteiger partial charge in [-0.25, -0.2) is 9.78 Å². The molecule has 0 fully saturated rings. The number of anilines is 3. The predicted octanol–water partition coefficient (Wildman–Crippen LogP) is 3.84. The summed E-state index contributed by atoms with van der Waals surface area (Å²) in [5, 5.41) is 11.4. The fraction of sp³-hybridized carbons (Fsp3) is 0.257. The van der Waals surface area contributed by atoms with Crippen molar-refractivity contribution in [3.05, 3.63) is 106 Å². The fourth-order valence-corrected chi connectivity index (χ4v) is 4.59. The molecule has 1 heterocycles. The van der Waals surface area contributed by atoms with E-state index >= 15 is 0 Å². The molecule has 48 heavy (non-hydrogen) atoms. The molecule has 13 heteroatoms. The molecule has 3 aromatic carbocycles. The number of hydrogen-bond acceptors (Lipinski definition) is 7. The van der Waals surface area contributed by atoms with Crippen LogP contribution in [0.15, 0.2) is 88.8 Å². The number of urea groups is 1. The number of carbonyl (C=O) groups excluding carboxylic acids is 3. The molecule has 0 aliphatic rings. The number of nitrogens with zero attached hydrogens (tertiary/aromatic N) is 3. The molecule has 0 aliphatic carbocycles. The minimum absolute atomic E-state index is 0.0556. The maximum absolute atomic E-state index is 13.5. The van der Waals surface area contributed by atoms with Crippen molar-refractivity contribution in [1.29, 1.82) is 0 Å². The Labute approximate surface area is 278 Å². The first-order chi connectivity index (χ1) is 22.9. The van der Waals surface area contributed by atoms with Crippen LogP contribution in [0.1, 0.15) is 44.4 Å². The Hall–Kier alpha value is -5.98. The number of nitrogens with two attached hydrogens (primary N) is 2. The molecule has 0 unspecified atom stereocenters. The summed E-state index contributed by atoms with van der Waals surface area (Å²) in [5.41, 5.74) is 15.6. The molecule has 13 nitrogen and oxygen atoms in total. The molecule has 0 spiro atoms. The Morgan fingerprint density at radius 3 is 2.23 bits per heavy atom. The molecule has 0 bridgehead atoms. The zero-order valence-corrected chi connectivity index (χ0v) is 27.4. The zero-order chi connectivity index (χ0) is 34.8. The second-order valence-corrected chi connectivity index (χ2v) is 11.8. The summed E-state index contributed by atoms with van der Waals surface area (Å²) >= 11 is 0. The summed E-state index contributed by atoms with van der Waals surface area (Å²) in [6.45, 7) is 7.49. The lowest BCUT2D eigenvalue weighted by Crippen LogP contribution is -2.35. The average molecular weight is 652 g/mol. The highest BCUT2D eigenvalue weighted by Gasteiger charge is 2.17. The Bertz CT molecular complexity index is 1850. The van der Waals surface area contributed by atoms with Gasteiger partial charge in [0.2, 0.25) is 11.8 Å². The molecule has 0 saturated carbocycles. The van der Waals surface area contributed by atoms with Gasteiger partial charge in [0.15, 0.2) is 5.82 Å². The lowest BCUT2D eigenvalue weighted by molar-refractivity contribution is -0.122. The summed E-state index contributed by atoms with van der Waals surface area (Å²) in [5.74, 6) is -0.705. The molecule has 0 aliphatic heterocycles. The van der Waals surface area contributed by atoms with Gasteiger partial charge in [-0.05, 0) is 43.2 Å². The molecule has 4 aromatic rings. The van der Waals surface area contributed by atoms with Gasteiger partial charge < -0.3 is 32.7 Å². The molecular weight excluding hydrogens is 610 g/mol. The van der Waals surface area contributed by atoms with Crippen molar-refractivity contribution < 1.29 is 14.4 Å². The highest BCUT2D eigenvalue weighted by atomic mass is 16.2. The minimum atomic E-state index is -0.556. The van der Waals surface area contributed by atoms with Gasteiger partial charge in [0.25, 0.3) is 5.56 Å². The summed E-state index contributed by atoms with van der Waals surface area (Å²) in [7, 11) is 0. The smallest absolute Gasteiger partial charge is 0.343 e. The number of hydrogen-bond donors (Lipinski definition) is 6. The van der Waals surface area contributed by atoms with Gasteiger partial charge in [-0.3, -0.25) is 19.0 Å². The number of nitrogens with one attached hydrogen (secondary N) is 4. The summed E-state index contributed by atoms with van der Waals surface area (Å²) in [4.78, 5) is 59.5. The first kappa shape index (κ1) is 34.9. The molecule has 8 N–H and O–H groups in total. The third kappa shape index (κ3) is 9.76. The van der Waals surface area contributed by atoms with Gasteiger partial charge in [-0.15, -0.1) is 0 Å². The van der Waals surface area contributed by atoms with Crippen molar-refractivity contribution in [2.24, 2.45) is 16.6 Å². The van der Waals surface area contributed by atoms with Gasteiger partial charge in [-0.1, -0.05) is 68.4 Å². The lowest BCUT2D eigenvalue weighted by Gasteiger charge is -2.17. The van der Waals surface area contributed by atoms with Crippen LogP contribution in [0.5, 0.6) is 0 Å². The van der Waals surface area contributed by atoms with Crippen molar-refractivity contribution in [2.75, 3.05) is 16.4 Å². The van der Waals surface area contributed by atoms with Gasteiger partial charge in [0.1, 0.15) is 12.4 Å². The SMILES string of the molecule is CC(C)Nc1ncc(-c2cc(N)cc(NC(=O)C(C)C)c2)n(CC(=O)NCc2ccc(C(N)=NC(=O)NCc3ccccc3)cc2)c1=O. The van der Waals surface area contributed by atoms with E-state index in [4.69, 9.17) is 11.5 Å². The topological polar surface area (TPSA) is 199 Å². The second kappa shape index (κ2) is 16.0. The molecule has 0 atom stereocenters. The number of benzene rings is 3. The van der Waals surface area contributed by atoms with Crippen molar-refractivity contribution in [3.63, 3.8) is 0 Å². The fourth-order valence-electron chi connectivity index (χ4n) is 4.59. The van der Waals surface area contributed by atoms with Crippen LogP contribution >= 0.6 is 0 Å². The lowest BCUT2D eigenvalue weighted by atomic mass is 10.1. The molecule has 0 saturated heterocycles. The van der Waals surface area contributed by atoms with Crippen LogP contribution in [-0.4, -0.2) is 39.3 Å². The third-order valence-electron chi connectivity index (χ3n) is 7.07. The number of aromatic nitrogens is 2. The summed E-state index contributed by atoms with van der Waals surface area (Å²) in [6.07, 6.45) is 1.49. The monoisotopic (exact) mass is 651 g/mol. The zero-order valence-electron chi connectivity index (χ0n) is 27.4. The third-order valence-corrected chi connectivity index (χ3v) is 7.07. The van der Waals surface area contributed by atoms with Crippen molar-refractivity contribution in [3.8, 4) is 11.3 Å². The summed E-state index contributed by atoms with van der Waals surface area (Å²) in [6, 6.07) is 20.7. The number of nitrogen functional groups attached to an aromatic ring is 1. The Morgan fingerprint density at radius 2 is 1.56 bits per heavy atom. The standard InChI is InChI=1S/C35H41N9O4/c1-21(2)33(46)42-28-15-26(14-27(36)16-28)29-19-39-32(41-22(3)4)34(47)44(29)20-30(45)38-17-24-10-12-25(13-11-24)31(37)43-35(48)40-18-23-8-6-5-7-9-23/h5-16,19,21-22H,17-18,20,36H2,1-4H3,(H,38,45)(H,39,41)(H,42,46)(H3,37,40,43,48). The maximum Gasteiger partial charge on any atom is 0.343 e.